The molecule has 0 atom stereocenters. The Hall–Kier alpha value is -3.59. The third-order valence-electron chi connectivity index (χ3n) is 7.24. The summed E-state index contributed by atoms with van der Waals surface area (Å²) in [5.41, 5.74) is 8.84. The van der Waals surface area contributed by atoms with Crippen LogP contribution in [-0.4, -0.2) is 15.6 Å². The predicted octanol–water partition coefficient (Wildman–Crippen LogP) is 8.27. The van der Waals surface area contributed by atoms with Gasteiger partial charge in [-0.25, -0.2) is 0 Å². The average Bonchev–Trinajstić information content (AvgIpc) is 3.31. The first-order valence-corrected chi connectivity index (χ1v) is 12.9. The number of aryl methyl sites for hydroxylation is 1. The van der Waals surface area contributed by atoms with Crippen LogP contribution in [0.15, 0.2) is 91.0 Å². The lowest BCUT2D eigenvalue weighted by atomic mass is 9.84. The molecule has 1 N–H and O–H groups in total. The third-order valence-corrected chi connectivity index (χ3v) is 7.24. The normalized spacial score (nSPS) is 14.2. The molecule has 1 aliphatic rings. The molecule has 0 amide bonds. The monoisotopic (exact) mass is 463 g/mol. The van der Waals surface area contributed by atoms with E-state index < -0.39 is 5.97 Å². The molecule has 0 spiro atoms. The van der Waals surface area contributed by atoms with E-state index in [0.29, 0.717) is 12.3 Å². The van der Waals surface area contributed by atoms with E-state index in [1.54, 1.807) is 0 Å². The van der Waals surface area contributed by atoms with Crippen LogP contribution in [0, 0.1) is 0 Å². The van der Waals surface area contributed by atoms with Crippen molar-refractivity contribution in [3.8, 4) is 28.1 Å². The van der Waals surface area contributed by atoms with Crippen LogP contribution < -0.4 is 0 Å². The van der Waals surface area contributed by atoms with E-state index in [0.717, 1.165) is 6.42 Å². The molecule has 3 nitrogen and oxygen atoms in total. The molecule has 4 aromatic rings. The lowest BCUT2D eigenvalue weighted by Gasteiger charge is -2.26. The van der Waals surface area contributed by atoms with E-state index >= 15 is 0 Å². The lowest BCUT2D eigenvalue weighted by Crippen LogP contribution is -2.12. The number of hydrogen-bond donors (Lipinski definition) is 1. The van der Waals surface area contributed by atoms with Crippen LogP contribution >= 0.6 is 0 Å². The molecule has 0 aliphatic heterocycles. The number of hydrogen-bond acceptors (Lipinski definition) is 1. The zero-order valence-corrected chi connectivity index (χ0v) is 20.2. The summed E-state index contributed by atoms with van der Waals surface area (Å²) >= 11 is 0. The number of nitrogens with zero attached hydrogens (tertiary/aromatic N) is 1. The van der Waals surface area contributed by atoms with Crippen molar-refractivity contribution in [1.29, 1.82) is 0 Å². The van der Waals surface area contributed by atoms with Crippen molar-refractivity contribution in [3.63, 3.8) is 0 Å². The first kappa shape index (κ1) is 23.2. The summed E-state index contributed by atoms with van der Waals surface area (Å²) in [5, 5.41) is 8.97. The smallest absolute Gasteiger partial charge is 0.303 e. The number of aliphatic carboxylic acids is 1. The SMILES string of the molecule is O=C(O)CCCc1ccc(-n2c(-c3ccccc3)cc(-c3ccccc3)c2C2CCCCC2)cc1. The van der Waals surface area contributed by atoms with E-state index in [2.05, 4.69) is 95.6 Å². The molecule has 5 rings (SSSR count). The van der Waals surface area contributed by atoms with Crippen molar-refractivity contribution in [2.45, 2.75) is 57.3 Å². The van der Waals surface area contributed by atoms with Crippen molar-refractivity contribution < 1.29 is 9.90 Å². The maximum atomic E-state index is 10.9. The maximum absolute atomic E-state index is 10.9. The molecule has 178 valence electrons. The standard InChI is InChI=1S/C32H33NO2/c34-31(35)18-10-11-24-19-21-28(22-20-24)33-30(26-14-6-2-7-15-26)23-29(25-12-4-1-5-13-25)32(33)27-16-8-3-9-17-27/h1-2,4-7,12-15,19-23,27H,3,8-11,16-18H2,(H,34,35). The second-order valence-electron chi connectivity index (χ2n) is 9.64. The van der Waals surface area contributed by atoms with Crippen LogP contribution in [0.3, 0.4) is 0 Å². The number of rotatable bonds is 8. The summed E-state index contributed by atoms with van der Waals surface area (Å²) in [4.78, 5) is 10.9. The Morgan fingerprint density at radius 2 is 1.43 bits per heavy atom. The molecule has 0 bridgehead atoms. The number of carboxylic acids is 1. The van der Waals surface area contributed by atoms with Crippen LogP contribution in [0.5, 0.6) is 0 Å². The van der Waals surface area contributed by atoms with Crippen molar-refractivity contribution in [3.05, 3.63) is 102 Å². The zero-order valence-electron chi connectivity index (χ0n) is 20.2. The highest BCUT2D eigenvalue weighted by atomic mass is 16.4. The minimum absolute atomic E-state index is 0.212. The minimum atomic E-state index is -0.730. The Morgan fingerprint density at radius 3 is 2.06 bits per heavy atom. The molecule has 1 aromatic heterocycles. The molecular formula is C32H33NO2. The third kappa shape index (κ3) is 5.24. The van der Waals surface area contributed by atoms with Gasteiger partial charge < -0.3 is 9.67 Å². The molecule has 1 fully saturated rings. The molecule has 35 heavy (non-hydrogen) atoms. The van der Waals surface area contributed by atoms with Gasteiger partial charge in [-0.05, 0) is 60.6 Å². The number of carbonyl (C=O) groups is 1. The summed E-state index contributed by atoms with van der Waals surface area (Å²) in [6, 6.07) is 32.6. The number of benzene rings is 3. The van der Waals surface area contributed by atoms with Gasteiger partial charge in [0.2, 0.25) is 0 Å². The second-order valence-corrected chi connectivity index (χ2v) is 9.64. The minimum Gasteiger partial charge on any atom is -0.481 e. The van der Waals surface area contributed by atoms with Gasteiger partial charge in [0.05, 0.1) is 5.69 Å². The van der Waals surface area contributed by atoms with Crippen LogP contribution in [0.4, 0.5) is 0 Å². The number of aromatic nitrogens is 1. The Bertz CT molecular complexity index is 1250. The van der Waals surface area contributed by atoms with Gasteiger partial charge in [0.15, 0.2) is 0 Å². The predicted molar refractivity (Wildman–Crippen MR) is 143 cm³/mol. The van der Waals surface area contributed by atoms with Crippen LogP contribution in [0.2, 0.25) is 0 Å². The number of carboxylic acid groups (broad SMARTS) is 1. The summed E-state index contributed by atoms with van der Waals surface area (Å²) in [6.07, 6.45) is 8.02. The Kier molecular flexibility index (Phi) is 7.13. The van der Waals surface area contributed by atoms with Gasteiger partial charge >= 0.3 is 5.97 Å². The molecule has 1 aliphatic carbocycles. The van der Waals surface area contributed by atoms with Gasteiger partial charge in [-0.2, -0.15) is 0 Å². The zero-order chi connectivity index (χ0) is 24.0. The van der Waals surface area contributed by atoms with Crippen molar-refractivity contribution in [1.82, 2.24) is 4.57 Å². The molecule has 1 saturated carbocycles. The quantitative estimate of drug-likeness (QED) is 0.286. The molecule has 1 heterocycles. The fourth-order valence-electron chi connectivity index (χ4n) is 5.51. The molecule has 0 radical (unpaired) electrons. The highest BCUT2D eigenvalue weighted by Crippen LogP contribution is 2.43. The summed E-state index contributed by atoms with van der Waals surface area (Å²) in [7, 11) is 0. The molecule has 0 saturated heterocycles. The molecule has 0 unspecified atom stereocenters. The Balaban J connectivity index is 1.64. The van der Waals surface area contributed by atoms with Crippen molar-refractivity contribution >= 4 is 5.97 Å². The van der Waals surface area contributed by atoms with E-state index in [1.165, 1.54) is 71.4 Å². The van der Waals surface area contributed by atoms with Gasteiger partial charge in [0.25, 0.3) is 0 Å². The van der Waals surface area contributed by atoms with Gasteiger partial charge in [-0.3, -0.25) is 4.79 Å². The Morgan fingerprint density at radius 1 is 0.800 bits per heavy atom. The van der Waals surface area contributed by atoms with Crippen LogP contribution in [0.25, 0.3) is 28.1 Å². The largest absolute Gasteiger partial charge is 0.481 e. The van der Waals surface area contributed by atoms with Gasteiger partial charge in [0, 0.05) is 29.3 Å². The van der Waals surface area contributed by atoms with E-state index in [1.807, 2.05) is 0 Å². The van der Waals surface area contributed by atoms with Gasteiger partial charge in [-0.15, -0.1) is 0 Å². The lowest BCUT2D eigenvalue weighted by molar-refractivity contribution is -0.137. The highest BCUT2D eigenvalue weighted by Gasteiger charge is 2.26. The summed E-state index contributed by atoms with van der Waals surface area (Å²) < 4.78 is 2.49. The average molecular weight is 464 g/mol. The van der Waals surface area contributed by atoms with E-state index in [-0.39, 0.29) is 6.42 Å². The van der Waals surface area contributed by atoms with Gasteiger partial charge in [-0.1, -0.05) is 92.1 Å². The van der Waals surface area contributed by atoms with E-state index in [4.69, 9.17) is 5.11 Å². The Labute approximate surface area is 208 Å². The van der Waals surface area contributed by atoms with Gasteiger partial charge in [0.1, 0.15) is 0 Å². The molecule has 3 aromatic carbocycles. The van der Waals surface area contributed by atoms with Crippen molar-refractivity contribution in [2.24, 2.45) is 0 Å². The van der Waals surface area contributed by atoms with Crippen LogP contribution in [-0.2, 0) is 11.2 Å². The highest BCUT2D eigenvalue weighted by molar-refractivity contribution is 5.77. The topological polar surface area (TPSA) is 42.2 Å². The first-order chi connectivity index (χ1) is 17.2. The molecular weight excluding hydrogens is 430 g/mol. The molecule has 3 heteroatoms. The first-order valence-electron chi connectivity index (χ1n) is 12.9. The van der Waals surface area contributed by atoms with Crippen molar-refractivity contribution in [2.75, 3.05) is 0 Å². The maximum Gasteiger partial charge on any atom is 0.303 e. The summed E-state index contributed by atoms with van der Waals surface area (Å²) in [5.74, 6) is -0.196. The van der Waals surface area contributed by atoms with E-state index in [9.17, 15) is 4.79 Å². The fourth-order valence-corrected chi connectivity index (χ4v) is 5.51. The second kappa shape index (κ2) is 10.8. The van der Waals surface area contributed by atoms with Crippen LogP contribution in [0.1, 0.15) is 62.1 Å². The fraction of sp³-hybridized carbons (Fsp3) is 0.281. The summed E-state index contributed by atoms with van der Waals surface area (Å²) in [6.45, 7) is 0.